The largest absolute Gasteiger partial charge is 0.465 e. The Morgan fingerprint density at radius 2 is 2.07 bits per heavy atom. The fourth-order valence-corrected chi connectivity index (χ4v) is 1.20. The van der Waals surface area contributed by atoms with Gasteiger partial charge in [0.15, 0.2) is 0 Å². The first-order chi connectivity index (χ1) is 6.72. The molecule has 76 valence electrons. The van der Waals surface area contributed by atoms with Gasteiger partial charge >= 0.3 is 6.09 Å². The number of hydrogen-bond donors (Lipinski definition) is 3. The van der Waals surface area contributed by atoms with Crippen molar-refractivity contribution in [3.8, 4) is 0 Å². The minimum Gasteiger partial charge on any atom is -0.465 e. The first kappa shape index (κ1) is 10.5. The Kier molecular flexibility index (Phi) is 3.94. The molecular formula is C10H13NO3. The average molecular weight is 195 g/mol. The number of amides is 1. The fourth-order valence-electron chi connectivity index (χ4n) is 1.20. The van der Waals surface area contributed by atoms with Gasteiger partial charge in [-0.15, -0.1) is 0 Å². The Morgan fingerprint density at radius 1 is 1.36 bits per heavy atom. The molecule has 0 heterocycles. The maximum atomic E-state index is 10.2. The molecule has 0 spiro atoms. The van der Waals surface area contributed by atoms with Crippen molar-refractivity contribution >= 4 is 6.09 Å². The molecule has 14 heavy (non-hydrogen) atoms. The van der Waals surface area contributed by atoms with Crippen LogP contribution < -0.4 is 5.32 Å². The van der Waals surface area contributed by atoms with Crippen molar-refractivity contribution in [1.82, 2.24) is 5.32 Å². The standard InChI is InChI=1S/C10H13NO3/c12-7-9-3-1-2-8(6-9)4-5-11-10(13)14/h1-3,6,11-12H,4-5,7H2,(H,13,14). The third-order valence-corrected chi connectivity index (χ3v) is 1.86. The van der Waals surface area contributed by atoms with Crippen molar-refractivity contribution in [3.05, 3.63) is 35.4 Å². The molecule has 0 aliphatic rings. The third-order valence-electron chi connectivity index (χ3n) is 1.86. The maximum absolute atomic E-state index is 10.2. The fraction of sp³-hybridized carbons (Fsp3) is 0.300. The first-order valence-corrected chi connectivity index (χ1v) is 4.38. The molecule has 0 aliphatic carbocycles. The lowest BCUT2D eigenvalue weighted by Gasteiger charge is -2.03. The number of carboxylic acid groups (broad SMARTS) is 1. The normalized spacial score (nSPS) is 9.79. The van der Waals surface area contributed by atoms with E-state index in [1.165, 1.54) is 0 Å². The Hall–Kier alpha value is -1.55. The highest BCUT2D eigenvalue weighted by molar-refractivity contribution is 5.64. The van der Waals surface area contributed by atoms with Crippen molar-refractivity contribution < 1.29 is 15.0 Å². The van der Waals surface area contributed by atoms with Crippen LogP contribution in [0.15, 0.2) is 24.3 Å². The van der Waals surface area contributed by atoms with Crippen LogP contribution in [-0.4, -0.2) is 22.9 Å². The van der Waals surface area contributed by atoms with Crippen LogP contribution in [0.3, 0.4) is 0 Å². The Balaban J connectivity index is 2.46. The number of aliphatic hydroxyl groups excluding tert-OH is 1. The number of carbonyl (C=O) groups is 1. The van der Waals surface area contributed by atoms with E-state index in [0.29, 0.717) is 13.0 Å². The van der Waals surface area contributed by atoms with Crippen LogP contribution >= 0.6 is 0 Å². The topological polar surface area (TPSA) is 69.6 Å². The molecular weight excluding hydrogens is 182 g/mol. The number of hydrogen-bond acceptors (Lipinski definition) is 2. The van der Waals surface area contributed by atoms with Crippen molar-refractivity contribution in [2.24, 2.45) is 0 Å². The molecule has 0 radical (unpaired) electrons. The molecule has 1 aromatic rings. The molecule has 0 saturated heterocycles. The molecule has 0 unspecified atom stereocenters. The minimum absolute atomic E-state index is 0.0141. The lowest BCUT2D eigenvalue weighted by atomic mass is 10.1. The van der Waals surface area contributed by atoms with Crippen molar-refractivity contribution in [2.45, 2.75) is 13.0 Å². The summed E-state index contributed by atoms with van der Waals surface area (Å²) in [5.41, 5.74) is 1.86. The molecule has 4 nitrogen and oxygen atoms in total. The van der Waals surface area contributed by atoms with Crippen LogP contribution in [0.2, 0.25) is 0 Å². The molecule has 4 heteroatoms. The van der Waals surface area contributed by atoms with E-state index in [2.05, 4.69) is 5.32 Å². The third kappa shape index (κ3) is 3.45. The van der Waals surface area contributed by atoms with Gasteiger partial charge in [0.1, 0.15) is 0 Å². The first-order valence-electron chi connectivity index (χ1n) is 4.38. The maximum Gasteiger partial charge on any atom is 0.404 e. The second kappa shape index (κ2) is 5.24. The second-order valence-corrected chi connectivity index (χ2v) is 2.96. The molecule has 0 saturated carbocycles. The lowest BCUT2D eigenvalue weighted by Crippen LogP contribution is -2.23. The van der Waals surface area contributed by atoms with Gasteiger partial charge in [0.2, 0.25) is 0 Å². The predicted octanol–water partition coefficient (Wildman–Crippen LogP) is 0.989. The summed E-state index contributed by atoms with van der Waals surface area (Å²) >= 11 is 0. The van der Waals surface area contributed by atoms with Crippen molar-refractivity contribution in [1.29, 1.82) is 0 Å². The molecule has 3 N–H and O–H groups in total. The van der Waals surface area contributed by atoms with E-state index in [9.17, 15) is 4.79 Å². The van der Waals surface area contributed by atoms with Gasteiger partial charge in [0, 0.05) is 6.54 Å². The van der Waals surface area contributed by atoms with E-state index >= 15 is 0 Å². The second-order valence-electron chi connectivity index (χ2n) is 2.96. The van der Waals surface area contributed by atoms with Crippen LogP contribution in [0.1, 0.15) is 11.1 Å². The molecule has 0 aromatic heterocycles. The average Bonchev–Trinajstić information content (AvgIpc) is 2.18. The summed E-state index contributed by atoms with van der Waals surface area (Å²) in [7, 11) is 0. The quantitative estimate of drug-likeness (QED) is 0.671. The van der Waals surface area contributed by atoms with Crippen molar-refractivity contribution in [2.75, 3.05) is 6.54 Å². The van der Waals surface area contributed by atoms with Crippen LogP contribution in [0, 0.1) is 0 Å². The van der Waals surface area contributed by atoms with Gasteiger partial charge in [-0.2, -0.15) is 0 Å². The molecule has 0 atom stereocenters. The highest BCUT2D eigenvalue weighted by Gasteiger charge is 1.97. The smallest absolute Gasteiger partial charge is 0.404 e. The summed E-state index contributed by atoms with van der Waals surface area (Å²) in [6, 6.07) is 7.45. The molecule has 1 aromatic carbocycles. The van der Waals surface area contributed by atoms with E-state index < -0.39 is 6.09 Å². The van der Waals surface area contributed by atoms with Gasteiger partial charge in [0.25, 0.3) is 0 Å². The minimum atomic E-state index is -1.01. The number of aliphatic hydroxyl groups is 1. The van der Waals surface area contributed by atoms with Gasteiger partial charge in [-0.05, 0) is 17.5 Å². The zero-order valence-corrected chi connectivity index (χ0v) is 7.73. The van der Waals surface area contributed by atoms with Crippen LogP contribution in [0.4, 0.5) is 4.79 Å². The summed E-state index contributed by atoms with van der Waals surface area (Å²) in [6.45, 7) is 0.407. The molecule has 0 aliphatic heterocycles. The van der Waals surface area contributed by atoms with E-state index in [4.69, 9.17) is 10.2 Å². The SMILES string of the molecule is O=C(O)NCCc1cccc(CO)c1. The highest BCUT2D eigenvalue weighted by atomic mass is 16.4. The zero-order chi connectivity index (χ0) is 10.4. The predicted molar refractivity (Wildman–Crippen MR) is 52.1 cm³/mol. The van der Waals surface area contributed by atoms with Gasteiger partial charge in [-0.25, -0.2) is 4.79 Å². The van der Waals surface area contributed by atoms with E-state index in [1.807, 2.05) is 24.3 Å². The van der Waals surface area contributed by atoms with Crippen LogP contribution in [-0.2, 0) is 13.0 Å². The Labute approximate surface area is 82.2 Å². The summed E-state index contributed by atoms with van der Waals surface area (Å²) < 4.78 is 0. The number of rotatable bonds is 4. The number of benzene rings is 1. The van der Waals surface area contributed by atoms with Gasteiger partial charge in [-0.1, -0.05) is 24.3 Å². The monoisotopic (exact) mass is 195 g/mol. The van der Waals surface area contributed by atoms with Crippen LogP contribution in [0.25, 0.3) is 0 Å². The zero-order valence-electron chi connectivity index (χ0n) is 7.73. The molecule has 1 rings (SSSR count). The highest BCUT2D eigenvalue weighted by Crippen LogP contribution is 2.05. The van der Waals surface area contributed by atoms with Gasteiger partial charge < -0.3 is 15.5 Å². The van der Waals surface area contributed by atoms with Gasteiger partial charge in [0.05, 0.1) is 6.61 Å². The summed E-state index contributed by atoms with van der Waals surface area (Å²) in [5.74, 6) is 0. The van der Waals surface area contributed by atoms with E-state index in [1.54, 1.807) is 0 Å². The number of nitrogens with one attached hydrogen (secondary N) is 1. The lowest BCUT2D eigenvalue weighted by molar-refractivity contribution is 0.194. The summed E-state index contributed by atoms with van der Waals surface area (Å²) in [6.07, 6.45) is -0.372. The van der Waals surface area contributed by atoms with Crippen LogP contribution in [0.5, 0.6) is 0 Å². The summed E-state index contributed by atoms with van der Waals surface area (Å²) in [5, 5.41) is 19.5. The Bertz CT molecular complexity index is 312. The summed E-state index contributed by atoms with van der Waals surface area (Å²) in [4.78, 5) is 10.2. The Morgan fingerprint density at radius 3 is 2.71 bits per heavy atom. The van der Waals surface area contributed by atoms with E-state index in [0.717, 1.165) is 11.1 Å². The molecule has 0 bridgehead atoms. The molecule has 0 fully saturated rings. The molecule has 1 amide bonds. The van der Waals surface area contributed by atoms with E-state index in [-0.39, 0.29) is 6.61 Å². The van der Waals surface area contributed by atoms with Gasteiger partial charge in [-0.3, -0.25) is 0 Å². The van der Waals surface area contributed by atoms with Crippen molar-refractivity contribution in [3.63, 3.8) is 0 Å².